The fourth-order valence-electron chi connectivity index (χ4n) is 3.33. The van der Waals surface area contributed by atoms with E-state index in [0.717, 1.165) is 23.2 Å². The first-order valence-electron chi connectivity index (χ1n) is 9.39. The Hall–Kier alpha value is -2.93. The fourth-order valence-corrected chi connectivity index (χ4v) is 3.33. The lowest BCUT2D eigenvalue weighted by molar-refractivity contribution is 0.795. The van der Waals surface area contributed by atoms with Crippen molar-refractivity contribution in [1.29, 1.82) is 0 Å². The SMILES string of the molecule is CCCCc1ccc(-c2cccc(-c3ccc4ccccc4n3)c2)cc1. The summed E-state index contributed by atoms with van der Waals surface area (Å²) in [6.07, 6.45) is 3.66. The molecule has 4 rings (SSSR count). The second-order valence-corrected chi connectivity index (χ2v) is 6.77. The van der Waals surface area contributed by atoms with Gasteiger partial charge in [0.25, 0.3) is 0 Å². The van der Waals surface area contributed by atoms with Crippen molar-refractivity contribution < 1.29 is 0 Å². The number of hydrogen-bond acceptors (Lipinski definition) is 1. The molecule has 1 heteroatoms. The number of hydrogen-bond donors (Lipinski definition) is 0. The van der Waals surface area contributed by atoms with Crippen LogP contribution in [0.25, 0.3) is 33.3 Å². The van der Waals surface area contributed by atoms with E-state index in [4.69, 9.17) is 4.98 Å². The van der Waals surface area contributed by atoms with Crippen LogP contribution in [0.1, 0.15) is 25.3 Å². The van der Waals surface area contributed by atoms with E-state index in [1.165, 1.54) is 34.9 Å². The lowest BCUT2D eigenvalue weighted by Crippen LogP contribution is -1.87. The molecule has 0 amide bonds. The summed E-state index contributed by atoms with van der Waals surface area (Å²) in [4.78, 5) is 4.83. The number of aryl methyl sites for hydroxylation is 1. The monoisotopic (exact) mass is 337 g/mol. The van der Waals surface area contributed by atoms with Crippen LogP contribution in [0.3, 0.4) is 0 Å². The standard InChI is InChI=1S/C25H23N/c1-2-3-7-19-12-14-20(15-13-19)22-9-6-10-23(18-22)25-17-16-21-8-4-5-11-24(21)26-25/h4-6,8-18H,2-3,7H2,1H3. The van der Waals surface area contributed by atoms with E-state index in [1.807, 2.05) is 6.07 Å². The summed E-state index contributed by atoms with van der Waals surface area (Å²) in [6, 6.07) is 30.1. The van der Waals surface area contributed by atoms with Gasteiger partial charge in [-0.15, -0.1) is 0 Å². The number of para-hydroxylation sites is 1. The Morgan fingerprint density at radius 1 is 0.692 bits per heavy atom. The van der Waals surface area contributed by atoms with E-state index in [1.54, 1.807) is 0 Å². The van der Waals surface area contributed by atoms with Crippen molar-refractivity contribution in [2.24, 2.45) is 0 Å². The highest BCUT2D eigenvalue weighted by Gasteiger charge is 2.04. The second-order valence-electron chi connectivity index (χ2n) is 6.77. The van der Waals surface area contributed by atoms with Crippen molar-refractivity contribution in [3.8, 4) is 22.4 Å². The molecule has 0 aliphatic carbocycles. The minimum absolute atomic E-state index is 1.02. The molecule has 0 saturated carbocycles. The van der Waals surface area contributed by atoms with Gasteiger partial charge >= 0.3 is 0 Å². The van der Waals surface area contributed by atoms with Crippen molar-refractivity contribution in [2.45, 2.75) is 26.2 Å². The molecule has 128 valence electrons. The molecule has 0 N–H and O–H groups in total. The van der Waals surface area contributed by atoms with Gasteiger partial charge in [0.05, 0.1) is 11.2 Å². The maximum atomic E-state index is 4.83. The minimum Gasteiger partial charge on any atom is -0.248 e. The first-order chi connectivity index (χ1) is 12.8. The second kappa shape index (κ2) is 7.53. The first-order valence-corrected chi connectivity index (χ1v) is 9.39. The van der Waals surface area contributed by atoms with E-state index < -0.39 is 0 Å². The Labute approximate surface area is 155 Å². The molecule has 26 heavy (non-hydrogen) atoms. The average molecular weight is 337 g/mol. The lowest BCUT2D eigenvalue weighted by Gasteiger charge is -2.08. The summed E-state index contributed by atoms with van der Waals surface area (Å²) in [5.41, 5.74) is 7.12. The molecule has 1 heterocycles. The highest BCUT2D eigenvalue weighted by atomic mass is 14.7. The Bertz CT molecular complexity index is 1020. The zero-order valence-electron chi connectivity index (χ0n) is 15.2. The number of benzene rings is 3. The maximum Gasteiger partial charge on any atom is 0.0709 e. The molecule has 0 aliphatic rings. The van der Waals surface area contributed by atoms with Gasteiger partial charge in [-0.2, -0.15) is 0 Å². The Morgan fingerprint density at radius 2 is 1.50 bits per heavy atom. The summed E-state index contributed by atoms with van der Waals surface area (Å²) in [6.45, 7) is 2.24. The molecule has 0 fully saturated rings. The van der Waals surface area contributed by atoms with Gasteiger partial charge in [-0.25, -0.2) is 4.98 Å². The van der Waals surface area contributed by atoms with E-state index >= 15 is 0 Å². The van der Waals surface area contributed by atoms with E-state index in [0.29, 0.717) is 0 Å². The molecule has 0 aliphatic heterocycles. The average Bonchev–Trinajstić information content (AvgIpc) is 2.72. The van der Waals surface area contributed by atoms with Crippen molar-refractivity contribution >= 4 is 10.9 Å². The molecule has 0 saturated heterocycles. The Kier molecular flexibility index (Phi) is 4.79. The third kappa shape index (κ3) is 3.52. The largest absolute Gasteiger partial charge is 0.248 e. The van der Waals surface area contributed by atoms with Gasteiger partial charge in [-0.3, -0.25) is 0 Å². The van der Waals surface area contributed by atoms with Gasteiger partial charge in [0, 0.05) is 10.9 Å². The van der Waals surface area contributed by atoms with Crippen molar-refractivity contribution in [3.63, 3.8) is 0 Å². The number of fused-ring (bicyclic) bond motifs is 1. The van der Waals surface area contributed by atoms with Crippen LogP contribution in [-0.4, -0.2) is 4.98 Å². The predicted octanol–water partition coefficient (Wildman–Crippen LogP) is 6.91. The molecular formula is C25H23N. The minimum atomic E-state index is 1.02. The number of nitrogens with zero attached hydrogens (tertiary/aromatic N) is 1. The molecule has 0 unspecified atom stereocenters. The number of pyridine rings is 1. The van der Waals surface area contributed by atoms with E-state index in [9.17, 15) is 0 Å². The quantitative estimate of drug-likeness (QED) is 0.385. The van der Waals surface area contributed by atoms with Crippen molar-refractivity contribution in [3.05, 3.63) is 90.5 Å². The molecular weight excluding hydrogens is 314 g/mol. The third-order valence-electron chi connectivity index (χ3n) is 4.86. The summed E-state index contributed by atoms with van der Waals surface area (Å²) in [5.74, 6) is 0. The molecule has 3 aromatic carbocycles. The van der Waals surface area contributed by atoms with Crippen LogP contribution in [0.15, 0.2) is 84.9 Å². The molecule has 1 nitrogen and oxygen atoms in total. The van der Waals surface area contributed by atoms with Crippen LogP contribution in [0, 0.1) is 0 Å². The zero-order valence-corrected chi connectivity index (χ0v) is 15.2. The predicted molar refractivity (Wildman–Crippen MR) is 111 cm³/mol. The smallest absolute Gasteiger partial charge is 0.0709 e. The number of unbranched alkanes of at least 4 members (excludes halogenated alkanes) is 1. The van der Waals surface area contributed by atoms with Crippen LogP contribution in [-0.2, 0) is 6.42 Å². The molecule has 1 aromatic heterocycles. The molecule has 0 bridgehead atoms. The summed E-state index contributed by atoms with van der Waals surface area (Å²) in [5, 5.41) is 1.18. The summed E-state index contributed by atoms with van der Waals surface area (Å²) >= 11 is 0. The van der Waals surface area contributed by atoms with Crippen molar-refractivity contribution in [2.75, 3.05) is 0 Å². The van der Waals surface area contributed by atoms with Crippen LogP contribution >= 0.6 is 0 Å². The van der Waals surface area contributed by atoms with Crippen molar-refractivity contribution in [1.82, 2.24) is 4.98 Å². The van der Waals surface area contributed by atoms with E-state index in [2.05, 4.69) is 85.8 Å². The normalized spacial score (nSPS) is 11.0. The van der Waals surface area contributed by atoms with Gasteiger partial charge in [-0.1, -0.05) is 80.1 Å². The summed E-state index contributed by atoms with van der Waals surface area (Å²) < 4.78 is 0. The van der Waals surface area contributed by atoms with Gasteiger partial charge in [0.1, 0.15) is 0 Å². The fraction of sp³-hybridized carbons (Fsp3) is 0.160. The van der Waals surface area contributed by atoms with Gasteiger partial charge in [0.15, 0.2) is 0 Å². The summed E-state index contributed by atoms with van der Waals surface area (Å²) in [7, 11) is 0. The number of rotatable bonds is 5. The van der Waals surface area contributed by atoms with Gasteiger partial charge < -0.3 is 0 Å². The van der Waals surface area contributed by atoms with Crippen LogP contribution in [0.4, 0.5) is 0 Å². The topological polar surface area (TPSA) is 12.9 Å². The highest BCUT2D eigenvalue weighted by molar-refractivity contribution is 5.82. The first kappa shape index (κ1) is 16.5. The Morgan fingerprint density at radius 3 is 2.35 bits per heavy atom. The van der Waals surface area contributed by atoms with Crippen LogP contribution < -0.4 is 0 Å². The van der Waals surface area contributed by atoms with Crippen LogP contribution in [0.5, 0.6) is 0 Å². The molecule has 0 atom stereocenters. The van der Waals surface area contributed by atoms with E-state index in [-0.39, 0.29) is 0 Å². The maximum absolute atomic E-state index is 4.83. The number of aromatic nitrogens is 1. The zero-order chi connectivity index (χ0) is 17.8. The molecule has 0 radical (unpaired) electrons. The lowest BCUT2D eigenvalue weighted by atomic mass is 9.99. The highest BCUT2D eigenvalue weighted by Crippen LogP contribution is 2.27. The van der Waals surface area contributed by atoms with Gasteiger partial charge in [0.2, 0.25) is 0 Å². The third-order valence-corrected chi connectivity index (χ3v) is 4.86. The molecule has 0 spiro atoms. The van der Waals surface area contributed by atoms with Gasteiger partial charge in [-0.05, 0) is 47.7 Å². The molecule has 4 aromatic rings. The van der Waals surface area contributed by atoms with Crippen LogP contribution in [0.2, 0.25) is 0 Å². The Balaban J connectivity index is 1.65.